The molecule has 0 radical (unpaired) electrons. The van der Waals surface area contributed by atoms with Crippen molar-refractivity contribution in [3.63, 3.8) is 0 Å². The Labute approximate surface area is 459 Å². The number of nitrogens with zero attached hydrogens (tertiary/aromatic N) is 9. The molecule has 20 heteroatoms. The summed E-state index contributed by atoms with van der Waals surface area (Å²) < 4.78 is 24.7. The highest BCUT2D eigenvalue weighted by atomic mass is 32.1. The SMILES string of the molecule is Cc1ncsc1-c1ccc([C@H](C)NC(=O)[C@@H]2C[C@@H](O)CN2C(=O)[C@H](c2cc(OCCCN3CCC(O[C@H]4C[C@H](Oc5cc(N6C7CCC6CN(c6cc(-c8ccccc8O)nnc6N)C7)ccn5)C4)CC3)no2)C(C)C)cc1. The first kappa shape index (κ1) is 53.1. The van der Waals surface area contributed by atoms with Crippen LogP contribution in [0.2, 0.25) is 0 Å². The van der Waals surface area contributed by atoms with Gasteiger partial charge in [0.2, 0.25) is 17.7 Å². The van der Waals surface area contributed by atoms with E-state index in [1.165, 1.54) is 4.90 Å². The molecule has 78 heavy (non-hydrogen) atoms. The number of phenolic OH excluding ortho intramolecular Hbond substituents is 1. The fraction of sp³-hybridized carbons (Fsp3) is 0.500. The van der Waals surface area contributed by atoms with E-state index in [-0.39, 0.29) is 60.8 Å². The summed E-state index contributed by atoms with van der Waals surface area (Å²) in [4.78, 5) is 46.8. The number of carbonyl (C=O) groups is 2. The second-order valence-electron chi connectivity index (χ2n) is 22.1. The minimum Gasteiger partial charge on any atom is -0.507 e. The van der Waals surface area contributed by atoms with Gasteiger partial charge in [-0.2, -0.15) is 0 Å². The maximum absolute atomic E-state index is 14.2. The van der Waals surface area contributed by atoms with E-state index in [0.29, 0.717) is 53.3 Å². The molecule has 0 spiro atoms. The summed E-state index contributed by atoms with van der Waals surface area (Å²) in [5.41, 5.74) is 14.4. The van der Waals surface area contributed by atoms with E-state index in [2.05, 4.69) is 57.5 Å². The number of piperazine rings is 1. The third kappa shape index (κ3) is 11.6. The number of hydrogen-bond donors (Lipinski definition) is 4. The van der Waals surface area contributed by atoms with Crippen molar-refractivity contribution in [2.24, 2.45) is 5.92 Å². The first-order chi connectivity index (χ1) is 37.8. The van der Waals surface area contributed by atoms with Crippen LogP contribution in [0.25, 0.3) is 21.7 Å². The van der Waals surface area contributed by atoms with Crippen LogP contribution in [0.15, 0.2) is 89.0 Å². The molecule has 2 bridgehead atoms. The number of aromatic hydroxyl groups is 1. The van der Waals surface area contributed by atoms with E-state index in [4.69, 9.17) is 24.5 Å². The number of aliphatic hydroxyl groups is 1. The number of amides is 2. The molecule has 2 aromatic carbocycles. The molecule has 6 atom stereocenters. The molecular weight excluding hydrogens is 1010 g/mol. The monoisotopic (exact) mass is 1080 g/mol. The van der Waals surface area contributed by atoms with Crippen LogP contribution in [-0.2, 0) is 14.3 Å². The summed E-state index contributed by atoms with van der Waals surface area (Å²) in [6.45, 7) is 12.6. The Hall–Kier alpha value is -6.87. The zero-order valence-corrected chi connectivity index (χ0v) is 45.6. The first-order valence-electron chi connectivity index (χ1n) is 27.7. The zero-order chi connectivity index (χ0) is 54.0. The highest BCUT2D eigenvalue weighted by Crippen LogP contribution is 2.41. The van der Waals surface area contributed by atoms with Crippen molar-refractivity contribution in [2.45, 2.75) is 134 Å². The average Bonchev–Trinajstić information content (AvgIpc) is 4.28. The number of benzene rings is 2. The molecule has 5 N–H and O–H groups in total. The minimum absolute atomic E-state index is 0.0565. The van der Waals surface area contributed by atoms with Crippen LogP contribution in [0, 0.1) is 12.8 Å². The number of rotatable bonds is 19. The summed E-state index contributed by atoms with van der Waals surface area (Å²) >= 11 is 1.59. The molecule has 19 nitrogen and oxygen atoms in total. The van der Waals surface area contributed by atoms with Gasteiger partial charge >= 0.3 is 0 Å². The van der Waals surface area contributed by atoms with E-state index < -0.39 is 18.1 Å². The lowest BCUT2D eigenvalue weighted by atomic mass is 9.91. The number of phenols is 1. The lowest BCUT2D eigenvalue weighted by molar-refractivity contribution is -0.141. The number of thiazole rings is 1. The molecule has 5 aliphatic rings. The number of nitrogens with one attached hydrogen (secondary N) is 1. The quantitative estimate of drug-likeness (QED) is 0.0574. The molecule has 1 saturated carbocycles. The third-order valence-electron chi connectivity index (χ3n) is 16.3. The number of likely N-dealkylation sites (tertiary alicyclic amines) is 2. The maximum Gasteiger partial charge on any atom is 0.254 e. The van der Waals surface area contributed by atoms with Crippen molar-refractivity contribution in [1.82, 2.24) is 40.4 Å². The number of hydrogen-bond acceptors (Lipinski definition) is 18. The van der Waals surface area contributed by atoms with E-state index in [0.717, 1.165) is 111 Å². The number of aryl methyl sites for hydroxylation is 1. The summed E-state index contributed by atoms with van der Waals surface area (Å²) in [5.74, 6) is 0.391. The fourth-order valence-electron chi connectivity index (χ4n) is 12.1. The van der Waals surface area contributed by atoms with Crippen molar-refractivity contribution in [3.8, 4) is 39.2 Å². The van der Waals surface area contributed by atoms with Crippen LogP contribution < -0.4 is 30.3 Å². The average molecular weight is 1080 g/mol. The molecular formula is C58H71N11O8S. The van der Waals surface area contributed by atoms with E-state index in [1.54, 1.807) is 29.5 Å². The van der Waals surface area contributed by atoms with Gasteiger partial charge in [0.1, 0.15) is 23.8 Å². The number of para-hydroxylation sites is 1. The number of β-amino-alcohol motifs (C(OH)–C–C–N with tert-alkyl or cyclic N) is 1. The van der Waals surface area contributed by atoms with E-state index in [9.17, 15) is 19.8 Å². The van der Waals surface area contributed by atoms with Gasteiger partial charge < -0.3 is 59.6 Å². The molecule has 4 aliphatic heterocycles. The smallest absolute Gasteiger partial charge is 0.254 e. The zero-order valence-electron chi connectivity index (χ0n) is 44.8. The summed E-state index contributed by atoms with van der Waals surface area (Å²) in [6.07, 6.45) is 8.22. The lowest BCUT2D eigenvalue weighted by Gasteiger charge is -2.43. The molecule has 412 valence electrons. The summed E-state index contributed by atoms with van der Waals surface area (Å²) in [7, 11) is 0. The molecule has 1 aliphatic carbocycles. The number of fused-ring (bicyclic) bond motifs is 2. The second kappa shape index (κ2) is 23.2. The van der Waals surface area contributed by atoms with Crippen molar-refractivity contribution < 1.29 is 38.5 Å². The summed E-state index contributed by atoms with van der Waals surface area (Å²) in [5, 5.41) is 37.0. The van der Waals surface area contributed by atoms with E-state index >= 15 is 0 Å². The van der Waals surface area contributed by atoms with E-state index in [1.807, 2.05) is 81.9 Å². The number of aromatic nitrogens is 5. The molecule has 2 unspecified atom stereocenters. The number of aliphatic hydroxyl groups excluding tert-OH is 1. The van der Waals surface area contributed by atoms with Gasteiger partial charge in [0.15, 0.2) is 11.6 Å². The van der Waals surface area contributed by atoms with Gasteiger partial charge in [0.05, 0.1) is 58.4 Å². The molecule has 2 amide bonds. The van der Waals surface area contributed by atoms with Crippen molar-refractivity contribution in [3.05, 3.63) is 102 Å². The predicted octanol–water partition coefficient (Wildman–Crippen LogP) is 7.54. The Morgan fingerprint density at radius 3 is 2.38 bits per heavy atom. The van der Waals surface area contributed by atoms with Crippen LogP contribution >= 0.6 is 11.3 Å². The Balaban J connectivity index is 0.589. The van der Waals surface area contributed by atoms with Gasteiger partial charge in [-0.15, -0.1) is 21.5 Å². The standard InChI is InChI=1S/C58H71N11O8S/c1-34(2)54(58(73)68-32-42(70)25-49(68)57(72)62-35(3)37-10-12-38(13-11-37)55-36(4)61-33-78-55)51-29-53(65-77-51)74-23-7-20-66-21-17-43(18-22-66)75-44-26-45(27-44)76-52-24-39(16-19-60-52)69-40-14-15-41(69)31-67(30-40)48-28-47(63-64-56(48)59)46-8-5-6-9-50(46)71/h5-6,8-13,16,19,24,28-29,33-35,40-45,49,54,70-71H,7,14-15,17-18,20-23,25-27,30-32H2,1-4H3,(H2,59,64)(H,62,72)/t35-,40?,41?,42+,44-,45-,49-,54-/m0/s1. The van der Waals surface area contributed by atoms with Crippen LogP contribution in [0.4, 0.5) is 17.2 Å². The van der Waals surface area contributed by atoms with Crippen molar-refractivity contribution in [2.75, 3.05) is 61.4 Å². The Morgan fingerprint density at radius 1 is 0.885 bits per heavy atom. The van der Waals surface area contributed by atoms with Gasteiger partial charge in [-0.05, 0) is 92.4 Å². The number of ether oxygens (including phenoxy) is 3. The largest absolute Gasteiger partial charge is 0.507 e. The Morgan fingerprint density at radius 2 is 1.65 bits per heavy atom. The van der Waals surface area contributed by atoms with Gasteiger partial charge in [0.25, 0.3) is 5.88 Å². The van der Waals surface area contributed by atoms with Gasteiger partial charge in [-0.3, -0.25) is 9.59 Å². The number of pyridine rings is 1. The molecule has 8 heterocycles. The first-order valence-corrected chi connectivity index (χ1v) is 28.5. The fourth-order valence-corrected chi connectivity index (χ4v) is 12.9. The second-order valence-corrected chi connectivity index (χ2v) is 22.9. The van der Waals surface area contributed by atoms with Gasteiger partial charge in [0, 0.05) is 100 Å². The van der Waals surface area contributed by atoms with Gasteiger partial charge in [-0.25, -0.2) is 9.97 Å². The maximum atomic E-state index is 14.2. The topological polar surface area (TPSA) is 231 Å². The molecule has 6 aromatic rings. The highest BCUT2D eigenvalue weighted by molar-refractivity contribution is 7.13. The Kier molecular flexibility index (Phi) is 15.8. The normalized spacial score (nSPS) is 23.3. The third-order valence-corrected chi connectivity index (χ3v) is 17.3. The van der Waals surface area contributed by atoms with Crippen LogP contribution in [0.3, 0.4) is 0 Å². The number of piperidine rings is 1. The highest BCUT2D eigenvalue weighted by Gasteiger charge is 2.45. The molecule has 4 aromatic heterocycles. The van der Waals surface area contributed by atoms with Crippen molar-refractivity contribution in [1.29, 1.82) is 0 Å². The number of nitrogen functional groups attached to an aromatic ring is 1. The number of anilines is 3. The van der Waals surface area contributed by atoms with Crippen LogP contribution in [0.1, 0.15) is 101 Å². The van der Waals surface area contributed by atoms with Crippen LogP contribution in [0.5, 0.6) is 17.5 Å². The molecule has 4 saturated heterocycles. The Bertz CT molecular complexity index is 3020. The predicted molar refractivity (Wildman–Crippen MR) is 296 cm³/mol. The van der Waals surface area contributed by atoms with Crippen molar-refractivity contribution >= 4 is 40.3 Å². The van der Waals surface area contributed by atoms with Crippen LogP contribution in [-0.4, -0.2) is 146 Å². The lowest BCUT2D eigenvalue weighted by Crippen LogP contribution is -2.54. The van der Waals surface area contributed by atoms with Gasteiger partial charge in [-0.1, -0.05) is 50.2 Å². The molecule has 5 fully saturated rings. The summed E-state index contributed by atoms with van der Waals surface area (Å²) in [6, 6.07) is 22.4. The minimum atomic E-state index is -0.825. The number of carbonyl (C=O) groups excluding carboxylic acids is 2. The molecule has 11 rings (SSSR count). The number of nitrogens with two attached hydrogens (primary N) is 1.